The van der Waals surface area contributed by atoms with E-state index in [0.29, 0.717) is 4.31 Å². The summed E-state index contributed by atoms with van der Waals surface area (Å²) in [5, 5.41) is 0. The molecule has 0 aromatic heterocycles. The van der Waals surface area contributed by atoms with Crippen LogP contribution in [0.25, 0.3) is 0 Å². The van der Waals surface area contributed by atoms with Gasteiger partial charge in [-0.1, -0.05) is 0 Å². The predicted octanol–water partition coefficient (Wildman–Crippen LogP) is 0.202. The Kier molecular flexibility index (Phi) is 3.85. The first-order valence-electron chi connectivity index (χ1n) is 7.01. The van der Waals surface area contributed by atoms with Crippen LogP contribution in [0.5, 0.6) is 5.75 Å². The lowest BCUT2D eigenvalue weighted by atomic mass is 10.3. The van der Waals surface area contributed by atoms with Gasteiger partial charge in [-0.2, -0.15) is 0 Å². The van der Waals surface area contributed by atoms with Gasteiger partial charge in [0.05, 0.1) is 18.6 Å². The number of amides is 1. The molecule has 0 spiro atoms. The van der Waals surface area contributed by atoms with E-state index in [0.717, 1.165) is 18.9 Å². The molecule has 126 valence electrons. The van der Waals surface area contributed by atoms with E-state index in [1.54, 1.807) is 0 Å². The van der Waals surface area contributed by atoms with Crippen LogP contribution in [0.1, 0.15) is 19.3 Å². The van der Waals surface area contributed by atoms with Gasteiger partial charge < -0.3 is 4.74 Å². The van der Waals surface area contributed by atoms with E-state index >= 15 is 0 Å². The van der Waals surface area contributed by atoms with Crippen LogP contribution in [0.15, 0.2) is 23.1 Å². The van der Waals surface area contributed by atoms with Crippen LogP contribution in [0.4, 0.5) is 5.69 Å². The minimum absolute atomic E-state index is 0.00414. The Balaban J connectivity index is 2.07. The highest BCUT2D eigenvalue weighted by molar-refractivity contribution is 7.94. The minimum Gasteiger partial charge on any atom is -0.495 e. The molecule has 0 bridgehead atoms. The number of hydrogen-bond acceptors (Lipinski definition) is 6. The standard InChI is InChI=1S/C13H16N2O6S2/c1-21-11-5-4-10(15-13(16)6-7-22(15,17)18)8-12(11)23(19,20)14-9-2-3-9/h4-5,8-9,14H,2-3,6-7H2,1H3. The first kappa shape index (κ1) is 16.2. The monoisotopic (exact) mass is 360 g/mol. The molecule has 1 aromatic rings. The number of carbonyl (C=O) groups excluding carboxylic acids is 1. The van der Waals surface area contributed by atoms with Gasteiger partial charge in [-0.25, -0.2) is 25.9 Å². The summed E-state index contributed by atoms with van der Waals surface area (Å²) in [5.41, 5.74) is 0.00414. The second-order valence-electron chi connectivity index (χ2n) is 5.45. The zero-order valence-corrected chi connectivity index (χ0v) is 14.0. The van der Waals surface area contributed by atoms with Crippen LogP contribution >= 0.6 is 0 Å². The summed E-state index contributed by atoms with van der Waals surface area (Å²) in [6.07, 6.45) is 1.41. The van der Waals surface area contributed by atoms with Crippen molar-refractivity contribution in [3.63, 3.8) is 0 Å². The van der Waals surface area contributed by atoms with Crippen molar-refractivity contribution in [3.05, 3.63) is 18.2 Å². The average Bonchev–Trinajstić information content (AvgIpc) is 3.23. The molecule has 1 N–H and O–H groups in total. The predicted molar refractivity (Wildman–Crippen MR) is 82.2 cm³/mol. The van der Waals surface area contributed by atoms with Crippen LogP contribution in [0.3, 0.4) is 0 Å². The fraction of sp³-hybridized carbons (Fsp3) is 0.462. The molecule has 3 rings (SSSR count). The number of sulfonamides is 2. The maximum absolute atomic E-state index is 12.4. The van der Waals surface area contributed by atoms with E-state index in [2.05, 4.69) is 4.72 Å². The third-order valence-electron chi connectivity index (χ3n) is 3.65. The number of anilines is 1. The molecule has 0 radical (unpaired) electrons. The molecular weight excluding hydrogens is 344 g/mol. The van der Waals surface area contributed by atoms with E-state index in [1.165, 1.54) is 19.2 Å². The van der Waals surface area contributed by atoms with Gasteiger partial charge in [0.1, 0.15) is 10.6 Å². The van der Waals surface area contributed by atoms with Crippen LogP contribution in [0.2, 0.25) is 0 Å². The Morgan fingerprint density at radius 2 is 2.00 bits per heavy atom. The van der Waals surface area contributed by atoms with Crippen molar-refractivity contribution in [1.82, 2.24) is 4.72 Å². The molecule has 23 heavy (non-hydrogen) atoms. The number of carbonyl (C=O) groups is 1. The summed E-state index contributed by atoms with van der Waals surface area (Å²) in [4.78, 5) is 11.7. The molecule has 0 atom stereocenters. The Morgan fingerprint density at radius 1 is 1.30 bits per heavy atom. The lowest BCUT2D eigenvalue weighted by Crippen LogP contribution is -2.30. The number of nitrogens with one attached hydrogen (secondary N) is 1. The summed E-state index contributed by atoms with van der Waals surface area (Å²) < 4.78 is 57.0. The molecule has 1 aliphatic carbocycles. The van der Waals surface area contributed by atoms with Crippen LogP contribution in [-0.4, -0.2) is 41.6 Å². The Labute approximate surface area is 134 Å². The van der Waals surface area contributed by atoms with E-state index < -0.39 is 26.0 Å². The molecule has 1 aliphatic heterocycles. The number of ether oxygens (including phenoxy) is 1. The molecule has 2 aliphatic rings. The average molecular weight is 360 g/mol. The molecule has 8 nitrogen and oxygen atoms in total. The van der Waals surface area contributed by atoms with Gasteiger partial charge in [0, 0.05) is 12.5 Å². The van der Waals surface area contributed by atoms with Crippen LogP contribution in [-0.2, 0) is 24.8 Å². The maximum atomic E-state index is 12.4. The first-order chi connectivity index (χ1) is 10.7. The number of rotatable bonds is 5. The Bertz CT molecular complexity index is 858. The number of methoxy groups -OCH3 is 1. The van der Waals surface area contributed by atoms with Gasteiger partial charge in [0.25, 0.3) is 0 Å². The number of benzene rings is 1. The third kappa shape index (κ3) is 3.06. The normalized spacial score (nSPS) is 20.7. The zero-order chi connectivity index (χ0) is 16.8. The summed E-state index contributed by atoms with van der Waals surface area (Å²) in [5.74, 6) is -0.764. The maximum Gasteiger partial charge on any atom is 0.244 e. The van der Waals surface area contributed by atoms with E-state index in [1.807, 2.05) is 0 Å². The fourth-order valence-corrected chi connectivity index (χ4v) is 5.30. The van der Waals surface area contributed by atoms with Crippen molar-refractivity contribution in [2.75, 3.05) is 17.2 Å². The largest absolute Gasteiger partial charge is 0.495 e. The van der Waals surface area contributed by atoms with Gasteiger partial charge >= 0.3 is 0 Å². The Hall–Kier alpha value is -1.65. The van der Waals surface area contributed by atoms with Gasteiger partial charge in [-0.05, 0) is 31.0 Å². The molecule has 1 saturated carbocycles. The number of nitrogens with zero attached hydrogens (tertiary/aromatic N) is 1. The SMILES string of the molecule is COc1ccc(N2C(=O)CCS2(=O)=O)cc1S(=O)(=O)NC1CC1. The fourth-order valence-electron chi connectivity index (χ4n) is 2.35. The van der Waals surface area contributed by atoms with Crippen molar-refractivity contribution in [3.8, 4) is 5.75 Å². The third-order valence-corrected chi connectivity index (χ3v) is 6.88. The molecule has 2 fully saturated rings. The summed E-state index contributed by atoms with van der Waals surface area (Å²) in [7, 11) is -6.29. The highest BCUT2D eigenvalue weighted by atomic mass is 32.2. The quantitative estimate of drug-likeness (QED) is 0.803. The molecule has 1 heterocycles. The zero-order valence-electron chi connectivity index (χ0n) is 12.4. The lowest BCUT2D eigenvalue weighted by molar-refractivity contribution is -0.116. The van der Waals surface area contributed by atoms with Gasteiger partial charge in [0.15, 0.2) is 0 Å². The van der Waals surface area contributed by atoms with E-state index in [9.17, 15) is 21.6 Å². The second kappa shape index (κ2) is 5.46. The van der Waals surface area contributed by atoms with E-state index in [-0.39, 0.29) is 34.5 Å². The van der Waals surface area contributed by atoms with Crippen molar-refractivity contribution in [2.45, 2.75) is 30.2 Å². The number of hydrogen-bond donors (Lipinski definition) is 1. The van der Waals surface area contributed by atoms with E-state index in [4.69, 9.17) is 4.74 Å². The lowest BCUT2D eigenvalue weighted by Gasteiger charge is -2.17. The smallest absolute Gasteiger partial charge is 0.244 e. The van der Waals surface area contributed by atoms with Gasteiger partial charge in [0.2, 0.25) is 26.0 Å². The highest BCUT2D eigenvalue weighted by Crippen LogP contribution is 2.33. The minimum atomic E-state index is -3.85. The van der Waals surface area contributed by atoms with Crippen molar-refractivity contribution in [2.24, 2.45) is 0 Å². The second-order valence-corrected chi connectivity index (χ2v) is 9.07. The van der Waals surface area contributed by atoms with Crippen LogP contribution < -0.4 is 13.8 Å². The highest BCUT2D eigenvalue weighted by Gasteiger charge is 2.37. The molecule has 1 saturated heterocycles. The first-order valence-corrected chi connectivity index (χ1v) is 10.1. The summed E-state index contributed by atoms with van der Waals surface area (Å²) >= 11 is 0. The van der Waals surface area contributed by atoms with Crippen molar-refractivity contribution in [1.29, 1.82) is 0 Å². The van der Waals surface area contributed by atoms with Crippen molar-refractivity contribution >= 4 is 31.6 Å². The summed E-state index contributed by atoms with van der Waals surface area (Å²) in [6, 6.07) is 3.75. The van der Waals surface area contributed by atoms with Gasteiger partial charge in [-0.3, -0.25) is 4.79 Å². The molecular formula is C13H16N2O6S2. The Morgan fingerprint density at radius 3 is 2.52 bits per heavy atom. The molecule has 1 amide bonds. The summed E-state index contributed by atoms with van der Waals surface area (Å²) in [6.45, 7) is 0. The van der Waals surface area contributed by atoms with Crippen molar-refractivity contribution < 1.29 is 26.4 Å². The molecule has 1 aromatic carbocycles. The van der Waals surface area contributed by atoms with Crippen LogP contribution in [0, 0.1) is 0 Å². The topological polar surface area (TPSA) is 110 Å². The van der Waals surface area contributed by atoms with Gasteiger partial charge in [-0.15, -0.1) is 0 Å². The molecule has 0 unspecified atom stereocenters. The molecule has 10 heteroatoms.